The standard InChI is InChI=1S/C17H14F6N2O3/c18-16(19,20)10-5-6-15(28)25(8-10)9-14(27)24-7-13(26)11-3-1-2-4-12(11)17(21,22)23/h1-6,8,13,26H,7,9H2,(H,24,27). The predicted molar refractivity (Wildman–Crippen MR) is 85.1 cm³/mol. The third kappa shape index (κ3) is 5.35. The summed E-state index contributed by atoms with van der Waals surface area (Å²) in [5, 5.41) is 12.0. The van der Waals surface area contributed by atoms with E-state index in [9.17, 15) is 41.0 Å². The molecule has 1 aromatic carbocycles. The zero-order valence-corrected chi connectivity index (χ0v) is 14.0. The summed E-state index contributed by atoms with van der Waals surface area (Å²) in [4.78, 5) is 23.4. The fourth-order valence-corrected chi connectivity index (χ4v) is 2.40. The normalized spacial score (nSPS) is 13.2. The van der Waals surface area contributed by atoms with E-state index in [2.05, 4.69) is 5.32 Å². The molecule has 5 nitrogen and oxygen atoms in total. The summed E-state index contributed by atoms with van der Waals surface area (Å²) in [6.07, 6.45) is -10.7. The smallest absolute Gasteiger partial charge is 0.387 e. The van der Waals surface area contributed by atoms with Gasteiger partial charge in [0.25, 0.3) is 5.56 Å². The molecule has 2 aromatic rings. The van der Waals surface area contributed by atoms with E-state index in [1.807, 2.05) is 0 Å². The quantitative estimate of drug-likeness (QED) is 0.748. The second-order valence-electron chi connectivity index (χ2n) is 5.79. The van der Waals surface area contributed by atoms with Crippen molar-refractivity contribution in [3.05, 3.63) is 69.6 Å². The van der Waals surface area contributed by atoms with Gasteiger partial charge in [-0.2, -0.15) is 26.3 Å². The molecule has 1 unspecified atom stereocenters. The highest BCUT2D eigenvalue weighted by Crippen LogP contribution is 2.34. The van der Waals surface area contributed by atoms with Gasteiger partial charge in [-0.15, -0.1) is 0 Å². The maximum atomic E-state index is 12.9. The second-order valence-corrected chi connectivity index (χ2v) is 5.79. The number of rotatable bonds is 5. The Morgan fingerprint density at radius 3 is 2.29 bits per heavy atom. The first-order valence-electron chi connectivity index (χ1n) is 7.78. The van der Waals surface area contributed by atoms with Crippen molar-refractivity contribution in [3.63, 3.8) is 0 Å². The minimum atomic E-state index is -4.72. The van der Waals surface area contributed by atoms with Crippen molar-refractivity contribution < 1.29 is 36.2 Å². The molecule has 2 rings (SSSR count). The number of nitrogens with zero attached hydrogens (tertiary/aromatic N) is 1. The predicted octanol–water partition coefficient (Wildman–Crippen LogP) is 2.74. The number of halogens is 6. The van der Waals surface area contributed by atoms with E-state index >= 15 is 0 Å². The van der Waals surface area contributed by atoms with E-state index < -0.39 is 59.7 Å². The number of alkyl halides is 6. The monoisotopic (exact) mass is 408 g/mol. The second kappa shape index (κ2) is 8.05. The van der Waals surface area contributed by atoms with Crippen LogP contribution in [0.5, 0.6) is 0 Å². The first kappa shape index (κ1) is 21.5. The van der Waals surface area contributed by atoms with Gasteiger partial charge in [0, 0.05) is 18.8 Å². The number of amides is 1. The molecule has 11 heteroatoms. The van der Waals surface area contributed by atoms with Gasteiger partial charge in [0.05, 0.1) is 17.2 Å². The summed E-state index contributed by atoms with van der Waals surface area (Å²) in [6.45, 7) is -1.42. The number of pyridine rings is 1. The van der Waals surface area contributed by atoms with Crippen molar-refractivity contribution in [2.45, 2.75) is 25.0 Å². The molecule has 0 aliphatic carbocycles. The van der Waals surface area contributed by atoms with Crippen molar-refractivity contribution in [3.8, 4) is 0 Å². The van der Waals surface area contributed by atoms with Crippen LogP contribution in [0.4, 0.5) is 26.3 Å². The Morgan fingerprint density at radius 2 is 1.68 bits per heavy atom. The highest BCUT2D eigenvalue weighted by Gasteiger charge is 2.34. The lowest BCUT2D eigenvalue weighted by Crippen LogP contribution is -2.35. The molecular formula is C17H14F6N2O3. The molecule has 0 radical (unpaired) electrons. The Labute approximate surface area is 154 Å². The van der Waals surface area contributed by atoms with Gasteiger partial charge in [0.2, 0.25) is 5.91 Å². The van der Waals surface area contributed by atoms with Crippen LogP contribution in [0.15, 0.2) is 47.4 Å². The van der Waals surface area contributed by atoms with Crippen LogP contribution < -0.4 is 10.9 Å². The summed E-state index contributed by atoms with van der Waals surface area (Å²) in [6, 6.07) is 5.42. The van der Waals surface area contributed by atoms with Gasteiger partial charge in [-0.05, 0) is 17.7 Å². The number of aromatic nitrogens is 1. The van der Waals surface area contributed by atoms with Crippen LogP contribution in [-0.2, 0) is 23.7 Å². The van der Waals surface area contributed by atoms with E-state index in [0.717, 1.165) is 18.2 Å². The molecule has 152 valence electrons. The van der Waals surface area contributed by atoms with Gasteiger partial charge in [-0.3, -0.25) is 9.59 Å². The van der Waals surface area contributed by atoms with E-state index in [1.54, 1.807) is 0 Å². The topological polar surface area (TPSA) is 71.3 Å². The number of hydrogen-bond donors (Lipinski definition) is 2. The molecule has 2 N–H and O–H groups in total. The fourth-order valence-electron chi connectivity index (χ4n) is 2.40. The highest BCUT2D eigenvalue weighted by atomic mass is 19.4. The minimum Gasteiger partial charge on any atom is -0.387 e. The number of aliphatic hydroxyl groups is 1. The molecule has 0 saturated carbocycles. The molecule has 1 heterocycles. The van der Waals surface area contributed by atoms with Gasteiger partial charge in [-0.1, -0.05) is 18.2 Å². The van der Waals surface area contributed by atoms with Gasteiger partial charge in [0.15, 0.2) is 0 Å². The van der Waals surface area contributed by atoms with E-state index in [0.29, 0.717) is 22.9 Å². The average molecular weight is 408 g/mol. The number of hydrogen-bond acceptors (Lipinski definition) is 3. The Kier molecular flexibility index (Phi) is 6.17. The number of nitrogens with one attached hydrogen (secondary N) is 1. The van der Waals surface area contributed by atoms with Crippen LogP contribution in [0.1, 0.15) is 22.8 Å². The summed E-state index contributed by atoms with van der Waals surface area (Å²) in [7, 11) is 0. The molecule has 1 atom stereocenters. The van der Waals surface area contributed by atoms with Gasteiger partial charge >= 0.3 is 12.4 Å². The molecule has 0 fully saturated rings. The van der Waals surface area contributed by atoms with Gasteiger partial charge < -0.3 is 15.0 Å². The lowest BCUT2D eigenvalue weighted by molar-refractivity contribution is -0.139. The first-order valence-corrected chi connectivity index (χ1v) is 7.78. The van der Waals surface area contributed by atoms with Crippen molar-refractivity contribution in [1.82, 2.24) is 9.88 Å². The Balaban J connectivity index is 2.07. The number of aliphatic hydroxyl groups excluding tert-OH is 1. The van der Waals surface area contributed by atoms with Crippen LogP contribution in [-0.4, -0.2) is 22.1 Å². The summed E-state index contributed by atoms with van der Waals surface area (Å²) >= 11 is 0. The maximum absolute atomic E-state index is 12.9. The lowest BCUT2D eigenvalue weighted by atomic mass is 10.0. The first-order chi connectivity index (χ1) is 12.9. The van der Waals surface area contributed by atoms with E-state index in [4.69, 9.17) is 0 Å². The van der Waals surface area contributed by atoms with Crippen LogP contribution >= 0.6 is 0 Å². The summed E-state index contributed by atoms with van der Waals surface area (Å²) in [5.74, 6) is -0.954. The van der Waals surface area contributed by atoms with Crippen molar-refractivity contribution >= 4 is 5.91 Å². The van der Waals surface area contributed by atoms with E-state index in [-0.39, 0.29) is 0 Å². The SMILES string of the molecule is O=C(Cn1cc(C(F)(F)F)ccc1=O)NCC(O)c1ccccc1C(F)(F)F. The molecule has 0 bridgehead atoms. The Hall–Kier alpha value is -2.82. The molecule has 0 saturated heterocycles. The highest BCUT2D eigenvalue weighted by molar-refractivity contribution is 5.75. The number of carbonyl (C=O) groups excluding carboxylic acids is 1. The molecule has 1 amide bonds. The van der Waals surface area contributed by atoms with Crippen LogP contribution in [0.3, 0.4) is 0 Å². The van der Waals surface area contributed by atoms with Crippen LogP contribution in [0, 0.1) is 0 Å². The third-order valence-electron chi connectivity index (χ3n) is 3.74. The summed E-state index contributed by atoms with van der Waals surface area (Å²) < 4.78 is 77.4. The molecule has 0 aliphatic heterocycles. The molecule has 28 heavy (non-hydrogen) atoms. The lowest BCUT2D eigenvalue weighted by Gasteiger charge is -2.18. The maximum Gasteiger partial charge on any atom is 0.417 e. The average Bonchev–Trinajstić information content (AvgIpc) is 2.60. The Morgan fingerprint density at radius 1 is 1.04 bits per heavy atom. The van der Waals surface area contributed by atoms with Crippen molar-refractivity contribution in [2.75, 3.05) is 6.54 Å². The van der Waals surface area contributed by atoms with Crippen molar-refractivity contribution in [1.29, 1.82) is 0 Å². The van der Waals surface area contributed by atoms with Crippen LogP contribution in [0.25, 0.3) is 0 Å². The van der Waals surface area contributed by atoms with Crippen molar-refractivity contribution in [2.24, 2.45) is 0 Å². The molecule has 1 aromatic heterocycles. The van der Waals surface area contributed by atoms with Gasteiger partial charge in [-0.25, -0.2) is 0 Å². The molecule has 0 aliphatic rings. The zero-order chi connectivity index (χ0) is 21.1. The largest absolute Gasteiger partial charge is 0.417 e. The summed E-state index contributed by atoms with van der Waals surface area (Å²) in [5.41, 5.74) is -3.55. The number of carbonyl (C=O) groups is 1. The zero-order valence-electron chi connectivity index (χ0n) is 14.0. The number of benzene rings is 1. The van der Waals surface area contributed by atoms with Gasteiger partial charge in [0.1, 0.15) is 6.54 Å². The molecule has 0 spiro atoms. The fraction of sp³-hybridized carbons (Fsp3) is 0.294. The van der Waals surface area contributed by atoms with E-state index in [1.165, 1.54) is 6.07 Å². The minimum absolute atomic E-state index is 0.456. The van der Waals surface area contributed by atoms with Crippen LogP contribution in [0.2, 0.25) is 0 Å². The Bertz CT molecular complexity index is 905. The third-order valence-corrected chi connectivity index (χ3v) is 3.74. The molecular weight excluding hydrogens is 394 g/mol.